The second-order valence-electron chi connectivity index (χ2n) is 4.01. The Kier molecular flexibility index (Phi) is 5.94. The molecule has 0 aromatic heterocycles. The molecule has 1 fully saturated rings. The average Bonchev–Trinajstić information content (AvgIpc) is 2.43. The second-order valence-corrected chi connectivity index (χ2v) is 4.01. The third kappa shape index (κ3) is 4.80. The van der Waals surface area contributed by atoms with Gasteiger partial charge >= 0.3 is 6.36 Å². The van der Waals surface area contributed by atoms with Crippen LogP contribution in [-0.2, 0) is 0 Å². The standard InChI is InChI=1S/C11H14F3N3O.C2H6/c12-11(13,14)18-10-7-8(1-2-9(10)15)17-5-3-16-4-6-17;1-2/h1-2,7,16H,3-6,15H2;1-2H3. The number of benzene rings is 1. The van der Waals surface area contributed by atoms with Crippen molar-refractivity contribution in [1.29, 1.82) is 0 Å². The van der Waals surface area contributed by atoms with E-state index in [9.17, 15) is 13.2 Å². The number of halogens is 3. The monoisotopic (exact) mass is 291 g/mol. The summed E-state index contributed by atoms with van der Waals surface area (Å²) in [5.74, 6) is -0.349. The molecule has 1 aromatic rings. The van der Waals surface area contributed by atoms with Gasteiger partial charge in [0.1, 0.15) is 0 Å². The van der Waals surface area contributed by atoms with E-state index in [1.165, 1.54) is 12.1 Å². The number of hydrogen-bond acceptors (Lipinski definition) is 4. The Morgan fingerprint density at radius 3 is 2.35 bits per heavy atom. The molecule has 4 nitrogen and oxygen atoms in total. The maximum absolute atomic E-state index is 12.2. The lowest BCUT2D eigenvalue weighted by Gasteiger charge is -2.29. The third-order valence-corrected chi connectivity index (χ3v) is 2.70. The van der Waals surface area contributed by atoms with Gasteiger partial charge in [0.15, 0.2) is 5.75 Å². The van der Waals surface area contributed by atoms with Crippen molar-refractivity contribution in [2.75, 3.05) is 36.8 Å². The molecule has 114 valence electrons. The zero-order valence-electron chi connectivity index (χ0n) is 11.6. The van der Waals surface area contributed by atoms with Crippen LogP contribution in [0.1, 0.15) is 13.8 Å². The fraction of sp³-hybridized carbons (Fsp3) is 0.538. The Balaban J connectivity index is 0.000000956. The number of piperazine rings is 1. The highest BCUT2D eigenvalue weighted by molar-refractivity contribution is 5.62. The van der Waals surface area contributed by atoms with Crippen molar-refractivity contribution in [2.45, 2.75) is 20.2 Å². The van der Waals surface area contributed by atoms with Crippen molar-refractivity contribution in [3.8, 4) is 5.75 Å². The summed E-state index contributed by atoms with van der Waals surface area (Å²) < 4.78 is 40.5. The van der Waals surface area contributed by atoms with Crippen molar-refractivity contribution < 1.29 is 17.9 Å². The molecule has 1 aliphatic rings. The van der Waals surface area contributed by atoms with Gasteiger partial charge < -0.3 is 20.7 Å². The van der Waals surface area contributed by atoms with Crippen LogP contribution < -0.4 is 20.7 Å². The minimum atomic E-state index is -4.73. The Morgan fingerprint density at radius 2 is 1.80 bits per heavy atom. The van der Waals surface area contributed by atoms with Crippen LogP contribution >= 0.6 is 0 Å². The topological polar surface area (TPSA) is 50.5 Å². The summed E-state index contributed by atoms with van der Waals surface area (Å²) in [5, 5.41) is 3.17. The fourth-order valence-electron chi connectivity index (χ4n) is 1.86. The Labute approximate surface area is 116 Å². The third-order valence-electron chi connectivity index (χ3n) is 2.70. The molecule has 0 bridgehead atoms. The van der Waals surface area contributed by atoms with Crippen LogP contribution in [0, 0.1) is 0 Å². The van der Waals surface area contributed by atoms with E-state index in [0.29, 0.717) is 5.69 Å². The van der Waals surface area contributed by atoms with Gasteiger partial charge in [0.05, 0.1) is 5.69 Å². The van der Waals surface area contributed by atoms with Gasteiger partial charge in [-0.3, -0.25) is 0 Å². The zero-order valence-corrected chi connectivity index (χ0v) is 11.6. The van der Waals surface area contributed by atoms with Crippen molar-refractivity contribution in [3.05, 3.63) is 18.2 Å². The normalized spacial score (nSPS) is 15.3. The maximum atomic E-state index is 12.2. The summed E-state index contributed by atoms with van der Waals surface area (Å²) in [6.45, 7) is 7.10. The number of nitrogens with one attached hydrogen (secondary N) is 1. The number of hydrogen-bond donors (Lipinski definition) is 2. The van der Waals surface area contributed by atoms with Crippen LogP contribution in [0.15, 0.2) is 18.2 Å². The molecule has 2 rings (SSSR count). The fourth-order valence-corrected chi connectivity index (χ4v) is 1.86. The average molecular weight is 291 g/mol. The molecule has 0 atom stereocenters. The molecular weight excluding hydrogens is 271 g/mol. The number of nitrogen functional groups attached to an aromatic ring is 1. The molecule has 0 radical (unpaired) electrons. The molecule has 0 aliphatic carbocycles. The molecule has 1 aliphatic heterocycles. The lowest BCUT2D eigenvalue weighted by molar-refractivity contribution is -0.274. The molecular formula is C13H20F3N3O. The van der Waals surface area contributed by atoms with Crippen molar-refractivity contribution in [3.63, 3.8) is 0 Å². The van der Waals surface area contributed by atoms with Crippen LogP contribution in [0.25, 0.3) is 0 Å². The lowest BCUT2D eigenvalue weighted by Crippen LogP contribution is -2.43. The molecule has 0 unspecified atom stereocenters. The van der Waals surface area contributed by atoms with Crippen LogP contribution in [0.3, 0.4) is 0 Å². The molecule has 0 spiro atoms. The van der Waals surface area contributed by atoms with Crippen LogP contribution in [0.5, 0.6) is 5.75 Å². The quantitative estimate of drug-likeness (QED) is 0.822. The van der Waals surface area contributed by atoms with Gasteiger partial charge in [-0.05, 0) is 12.1 Å². The maximum Gasteiger partial charge on any atom is 0.573 e. The molecule has 0 saturated carbocycles. The molecule has 1 saturated heterocycles. The largest absolute Gasteiger partial charge is 0.573 e. The number of nitrogens with zero attached hydrogens (tertiary/aromatic N) is 1. The first-order valence-electron chi connectivity index (χ1n) is 6.57. The number of rotatable bonds is 2. The molecule has 1 aromatic carbocycles. The minimum absolute atomic E-state index is 0.0220. The van der Waals surface area contributed by atoms with Crippen molar-refractivity contribution in [1.82, 2.24) is 5.32 Å². The summed E-state index contributed by atoms with van der Waals surface area (Å²) >= 11 is 0. The van der Waals surface area contributed by atoms with Crippen LogP contribution in [0.4, 0.5) is 24.5 Å². The van der Waals surface area contributed by atoms with Crippen LogP contribution in [0.2, 0.25) is 0 Å². The minimum Gasteiger partial charge on any atom is -0.404 e. The first-order valence-corrected chi connectivity index (χ1v) is 6.57. The van der Waals surface area contributed by atoms with E-state index in [4.69, 9.17) is 5.73 Å². The van der Waals surface area contributed by atoms with Gasteiger partial charge in [0, 0.05) is 37.9 Å². The predicted molar refractivity (Wildman–Crippen MR) is 74.0 cm³/mol. The van der Waals surface area contributed by atoms with Gasteiger partial charge in [-0.1, -0.05) is 13.8 Å². The van der Waals surface area contributed by atoms with E-state index in [-0.39, 0.29) is 11.4 Å². The zero-order chi connectivity index (χ0) is 15.2. The van der Waals surface area contributed by atoms with Crippen LogP contribution in [-0.4, -0.2) is 32.5 Å². The first kappa shape index (κ1) is 16.4. The first-order chi connectivity index (χ1) is 9.46. The van der Waals surface area contributed by atoms with E-state index >= 15 is 0 Å². The van der Waals surface area contributed by atoms with Gasteiger partial charge in [-0.15, -0.1) is 13.2 Å². The second kappa shape index (κ2) is 7.23. The highest BCUT2D eigenvalue weighted by atomic mass is 19.4. The predicted octanol–water partition coefficient (Wildman–Crippen LogP) is 2.60. The van der Waals surface area contributed by atoms with E-state index in [1.54, 1.807) is 6.07 Å². The Bertz CT molecular complexity index is 418. The highest BCUT2D eigenvalue weighted by Gasteiger charge is 2.32. The summed E-state index contributed by atoms with van der Waals surface area (Å²) in [7, 11) is 0. The van der Waals surface area contributed by atoms with Gasteiger partial charge in [-0.2, -0.15) is 0 Å². The molecule has 1 heterocycles. The summed E-state index contributed by atoms with van der Waals surface area (Å²) in [6.07, 6.45) is -4.73. The number of nitrogens with two attached hydrogens (primary N) is 1. The Morgan fingerprint density at radius 1 is 1.20 bits per heavy atom. The van der Waals surface area contributed by atoms with Crippen molar-refractivity contribution in [2.24, 2.45) is 0 Å². The van der Waals surface area contributed by atoms with E-state index in [2.05, 4.69) is 10.1 Å². The number of alkyl halides is 3. The number of ether oxygens (including phenoxy) is 1. The van der Waals surface area contributed by atoms with Crippen molar-refractivity contribution >= 4 is 11.4 Å². The number of anilines is 2. The van der Waals surface area contributed by atoms with E-state index in [0.717, 1.165) is 26.2 Å². The Hall–Kier alpha value is -1.63. The van der Waals surface area contributed by atoms with Gasteiger partial charge in [0.25, 0.3) is 0 Å². The summed E-state index contributed by atoms with van der Waals surface area (Å²) in [5.41, 5.74) is 6.13. The molecule has 3 N–H and O–H groups in total. The van der Waals surface area contributed by atoms with E-state index in [1.807, 2.05) is 18.7 Å². The van der Waals surface area contributed by atoms with E-state index < -0.39 is 6.36 Å². The molecule has 20 heavy (non-hydrogen) atoms. The van der Waals surface area contributed by atoms with Gasteiger partial charge in [0.2, 0.25) is 0 Å². The SMILES string of the molecule is CC.Nc1ccc(N2CCNCC2)cc1OC(F)(F)F. The molecule has 0 amide bonds. The highest BCUT2D eigenvalue weighted by Crippen LogP contribution is 2.32. The lowest BCUT2D eigenvalue weighted by atomic mass is 10.2. The molecule has 7 heteroatoms. The van der Waals surface area contributed by atoms with Gasteiger partial charge in [-0.25, -0.2) is 0 Å². The summed E-state index contributed by atoms with van der Waals surface area (Å²) in [4.78, 5) is 1.99. The smallest absolute Gasteiger partial charge is 0.404 e. The summed E-state index contributed by atoms with van der Waals surface area (Å²) in [6, 6.07) is 4.45.